The van der Waals surface area contributed by atoms with E-state index in [4.69, 9.17) is 16.4 Å². The average Bonchev–Trinajstić information content (AvgIpc) is 2.73. The Balaban J connectivity index is 1.42. The highest BCUT2D eigenvalue weighted by Gasteiger charge is 2.16. The highest BCUT2D eigenvalue weighted by Crippen LogP contribution is 2.19. The van der Waals surface area contributed by atoms with Crippen molar-refractivity contribution in [2.24, 2.45) is 0 Å². The van der Waals surface area contributed by atoms with Gasteiger partial charge in [0.25, 0.3) is 0 Å². The van der Waals surface area contributed by atoms with Crippen molar-refractivity contribution in [2.75, 3.05) is 13.2 Å². The van der Waals surface area contributed by atoms with Crippen LogP contribution in [-0.2, 0) is 22.7 Å². The zero-order chi connectivity index (χ0) is 20.6. The van der Waals surface area contributed by atoms with Crippen LogP contribution >= 0.6 is 11.6 Å². The second-order valence-corrected chi connectivity index (χ2v) is 6.90. The second kappa shape index (κ2) is 10.1. The van der Waals surface area contributed by atoms with Crippen LogP contribution in [0.5, 0.6) is 0 Å². The van der Waals surface area contributed by atoms with Gasteiger partial charge in [0.1, 0.15) is 0 Å². The summed E-state index contributed by atoms with van der Waals surface area (Å²) in [5.74, 6) is -0.164. The van der Waals surface area contributed by atoms with Crippen LogP contribution in [0.15, 0.2) is 54.7 Å². The van der Waals surface area contributed by atoms with Crippen molar-refractivity contribution in [2.45, 2.75) is 20.0 Å². The van der Waals surface area contributed by atoms with Crippen molar-refractivity contribution < 1.29 is 14.4 Å². The number of hydrogen-bond donors (Lipinski definition) is 2. The van der Waals surface area contributed by atoms with E-state index in [0.717, 1.165) is 16.7 Å². The summed E-state index contributed by atoms with van der Waals surface area (Å²) < 4.78 is 0. The van der Waals surface area contributed by atoms with E-state index in [1.807, 2.05) is 48.5 Å². The number of benzene rings is 2. The molecule has 0 saturated heterocycles. The monoisotopic (exact) mass is 414 g/mol. The van der Waals surface area contributed by atoms with E-state index >= 15 is 0 Å². The SMILES string of the molecule is CC(=O)N(CCONC(=O)N1C=Cc2ccccc2C1)NCc1ccccc1Cl. The van der Waals surface area contributed by atoms with Gasteiger partial charge in [-0.05, 0) is 28.8 Å². The standard InChI is InChI=1S/C21H23ClN4O3/c1-16(27)26(23-14-18-7-4-5-9-20(18)22)12-13-29-24-21(28)25-11-10-17-6-2-3-8-19(17)15-25/h2-11,23H,12-15H2,1H3,(H,24,28). The van der Waals surface area contributed by atoms with E-state index in [-0.39, 0.29) is 25.1 Å². The quantitative estimate of drug-likeness (QED) is 0.538. The maximum atomic E-state index is 12.3. The van der Waals surface area contributed by atoms with E-state index in [9.17, 15) is 9.59 Å². The normalized spacial score (nSPS) is 12.4. The number of amides is 3. The fourth-order valence-electron chi connectivity index (χ4n) is 2.87. The van der Waals surface area contributed by atoms with Crippen LogP contribution < -0.4 is 10.9 Å². The molecule has 2 N–H and O–H groups in total. The number of carbonyl (C=O) groups is 2. The highest BCUT2D eigenvalue weighted by molar-refractivity contribution is 6.31. The molecule has 1 aliphatic rings. The van der Waals surface area contributed by atoms with Crippen LogP contribution in [0.3, 0.4) is 0 Å². The van der Waals surface area contributed by atoms with Gasteiger partial charge in [0, 0.05) is 24.7 Å². The Morgan fingerprint density at radius 1 is 1.17 bits per heavy atom. The molecule has 152 valence electrons. The third kappa shape index (κ3) is 5.80. The van der Waals surface area contributed by atoms with Gasteiger partial charge >= 0.3 is 6.03 Å². The van der Waals surface area contributed by atoms with Gasteiger partial charge in [-0.15, -0.1) is 0 Å². The summed E-state index contributed by atoms with van der Waals surface area (Å²) in [5.41, 5.74) is 8.48. The number of urea groups is 1. The van der Waals surface area contributed by atoms with Gasteiger partial charge in [0.15, 0.2) is 0 Å². The Morgan fingerprint density at radius 2 is 1.93 bits per heavy atom. The number of nitrogens with one attached hydrogen (secondary N) is 2. The molecule has 2 aromatic rings. The summed E-state index contributed by atoms with van der Waals surface area (Å²) in [5, 5.41) is 2.05. The van der Waals surface area contributed by atoms with Crippen molar-refractivity contribution >= 4 is 29.6 Å². The average molecular weight is 415 g/mol. The number of fused-ring (bicyclic) bond motifs is 1. The Morgan fingerprint density at radius 3 is 2.72 bits per heavy atom. The first-order valence-electron chi connectivity index (χ1n) is 9.24. The maximum Gasteiger partial charge on any atom is 0.345 e. The minimum Gasteiger partial charge on any atom is -0.295 e. The molecule has 0 aliphatic carbocycles. The highest BCUT2D eigenvalue weighted by atomic mass is 35.5. The van der Waals surface area contributed by atoms with E-state index in [0.29, 0.717) is 18.1 Å². The number of hydrazine groups is 1. The minimum atomic E-state index is -0.367. The molecule has 1 aliphatic heterocycles. The third-order valence-corrected chi connectivity index (χ3v) is 4.83. The van der Waals surface area contributed by atoms with E-state index in [1.54, 1.807) is 12.3 Å². The molecule has 0 saturated carbocycles. The smallest absolute Gasteiger partial charge is 0.295 e. The van der Waals surface area contributed by atoms with Crippen LogP contribution in [0, 0.1) is 0 Å². The number of hydroxylamine groups is 1. The van der Waals surface area contributed by atoms with Crippen molar-refractivity contribution in [3.8, 4) is 0 Å². The van der Waals surface area contributed by atoms with Crippen LogP contribution in [0.2, 0.25) is 5.02 Å². The van der Waals surface area contributed by atoms with E-state index in [1.165, 1.54) is 16.8 Å². The molecule has 0 spiro atoms. The summed E-state index contributed by atoms with van der Waals surface area (Å²) in [7, 11) is 0. The van der Waals surface area contributed by atoms with Crippen molar-refractivity contribution in [3.05, 3.63) is 76.4 Å². The Labute approximate surface area is 174 Å². The minimum absolute atomic E-state index is 0.134. The molecule has 0 fully saturated rings. The lowest BCUT2D eigenvalue weighted by Gasteiger charge is -2.24. The Hall–Kier alpha value is -2.87. The lowest BCUT2D eigenvalue weighted by atomic mass is 10.0. The zero-order valence-corrected chi connectivity index (χ0v) is 16.9. The summed E-state index contributed by atoms with van der Waals surface area (Å²) in [6.45, 7) is 2.73. The third-order valence-electron chi connectivity index (χ3n) is 4.47. The van der Waals surface area contributed by atoms with E-state index < -0.39 is 0 Å². The van der Waals surface area contributed by atoms with Gasteiger partial charge in [0.2, 0.25) is 5.91 Å². The van der Waals surface area contributed by atoms with Crippen LogP contribution in [0.1, 0.15) is 23.6 Å². The molecule has 8 heteroatoms. The van der Waals surface area contributed by atoms with Crippen molar-refractivity contribution in [3.63, 3.8) is 0 Å². The molecule has 0 radical (unpaired) electrons. The predicted molar refractivity (Wildman–Crippen MR) is 111 cm³/mol. The molecular weight excluding hydrogens is 392 g/mol. The Bertz CT molecular complexity index is 903. The van der Waals surface area contributed by atoms with Gasteiger partial charge < -0.3 is 0 Å². The van der Waals surface area contributed by atoms with Crippen LogP contribution in [0.4, 0.5) is 4.79 Å². The summed E-state index contributed by atoms with van der Waals surface area (Å²) in [4.78, 5) is 30.9. The molecule has 3 amide bonds. The first-order valence-corrected chi connectivity index (χ1v) is 9.62. The molecule has 1 heterocycles. The van der Waals surface area contributed by atoms with Crippen molar-refractivity contribution in [1.82, 2.24) is 20.8 Å². The number of carbonyl (C=O) groups excluding carboxylic acids is 2. The zero-order valence-electron chi connectivity index (χ0n) is 16.1. The van der Waals surface area contributed by atoms with Gasteiger partial charge in [-0.25, -0.2) is 15.7 Å². The second-order valence-electron chi connectivity index (χ2n) is 6.50. The van der Waals surface area contributed by atoms with Gasteiger partial charge in [-0.3, -0.25) is 19.5 Å². The molecule has 29 heavy (non-hydrogen) atoms. The van der Waals surface area contributed by atoms with Crippen LogP contribution in [-0.4, -0.2) is 35.0 Å². The fraction of sp³-hybridized carbons (Fsp3) is 0.238. The van der Waals surface area contributed by atoms with Crippen LogP contribution in [0.25, 0.3) is 6.08 Å². The first kappa shape index (κ1) is 20.9. The van der Waals surface area contributed by atoms with Crippen molar-refractivity contribution in [1.29, 1.82) is 0 Å². The molecule has 2 aromatic carbocycles. The molecule has 0 bridgehead atoms. The number of hydrogen-bond acceptors (Lipinski definition) is 4. The number of nitrogens with zero attached hydrogens (tertiary/aromatic N) is 2. The molecule has 0 aromatic heterocycles. The molecule has 3 rings (SSSR count). The maximum absolute atomic E-state index is 12.3. The lowest BCUT2D eigenvalue weighted by molar-refractivity contribution is -0.133. The Kier molecular flexibility index (Phi) is 7.24. The molecule has 7 nitrogen and oxygen atoms in total. The van der Waals surface area contributed by atoms with Gasteiger partial charge in [-0.1, -0.05) is 54.1 Å². The summed E-state index contributed by atoms with van der Waals surface area (Å²) in [6.07, 6.45) is 3.60. The summed E-state index contributed by atoms with van der Waals surface area (Å²) >= 11 is 6.13. The fourth-order valence-corrected chi connectivity index (χ4v) is 3.07. The summed E-state index contributed by atoms with van der Waals surface area (Å²) in [6, 6.07) is 14.9. The predicted octanol–water partition coefficient (Wildman–Crippen LogP) is 3.32. The lowest BCUT2D eigenvalue weighted by Crippen LogP contribution is -2.44. The van der Waals surface area contributed by atoms with Gasteiger partial charge in [0.05, 0.1) is 19.7 Å². The number of rotatable bonds is 7. The first-order chi connectivity index (χ1) is 14.0. The molecule has 0 atom stereocenters. The number of halogens is 1. The van der Waals surface area contributed by atoms with E-state index in [2.05, 4.69) is 10.9 Å². The molecule has 0 unspecified atom stereocenters. The van der Waals surface area contributed by atoms with Gasteiger partial charge in [-0.2, -0.15) is 0 Å². The molecular formula is C21H23ClN4O3. The largest absolute Gasteiger partial charge is 0.345 e. The topological polar surface area (TPSA) is 73.9 Å².